The minimum absolute atomic E-state index is 0.0260. The molecule has 0 bridgehead atoms. The number of hydrogen-bond donors (Lipinski definition) is 15. The summed E-state index contributed by atoms with van der Waals surface area (Å²) in [5.41, 5.74) is 18.0. The molecule has 0 spiro atoms. The van der Waals surface area contributed by atoms with Gasteiger partial charge in [0.2, 0.25) is 47.3 Å². The van der Waals surface area contributed by atoms with Gasteiger partial charge in [-0.2, -0.15) is 0 Å². The Morgan fingerprint density at radius 1 is 0.623 bits per heavy atom. The van der Waals surface area contributed by atoms with Gasteiger partial charge in [-0.15, -0.1) is 0 Å². The molecule has 0 saturated carbocycles. The minimum atomic E-state index is -1.61. The third kappa shape index (κ3) is 17.8. The number of aliphatic hydroxyl groups excluding tert-OH is 2. The number of rotatable bonds is 27. The first kappa shape index (κ1) is 60.0. The van der Waals surface area contributed by atoms with Crippen LogP contribution in [0, 0.1) is 10.8 Å². The van der Waals surface area contributed by atoms with Crippen molar-refractivity contribution < 1.29 is 58.5 Å². The van der Waals surface area contributed by atoms with Gasteiger partial charge in [0.1, 0.15) is 42.3 Å². The second-order valence-electron chi connectivity index (χ2n) is 19.3. The van der Waals surface area contributed by atoms with E-state index in [9.17, 15) is 58.5 Å². The van der Waals surface area contributed by atoms with Gasteiger partial charge < -0.3 is 84.4 Å². The van der Waals surface area contributed by atoms with Crippen LogP contribution in [-0.4, -0.2) is 195 Å². The molecule has 0 radical (unpaired) electrons. The van der Waals surface area contributed by atoms with Crippen LogP contribution in [0.4, 0.5) is 0 Å². The van der Waals surface area contributed by atoms with Crippen LogP contribution in [0.2, 0.25) is 0 Å². The van der Waals surface area contributed by atoms with Crippen LogP contribution in [0.5, 0.6) is 0 Å². The zero-order valence-electron chi connectivity index (χ0n) is 42.8. The monoisotopic (exact) mass is 1080 g/mol. The molecule has 420 valence electrons. The zero-order chi connectivity index (χ0) is 56.2. The number of nitrogens with two attached hydrogens (primary N) is 3. The molecule has 77 heavy (non-hydrogen) atoms. The van der Waals surface area contributed by atoms with Crippen molar-refractivity contribution in [2.75, 3.05) is 45.9 Å². The maximum atomic E-state index is 14.1. The van der Waals surface area contributed by atoms with E-state index >= 15 is 0 Å². The Kier molecular flexibility index (Phi) is 22.9. The Bertz CT molecular complexity index is 2420. The van der Waals surface area contributed by atoms with Crippen molar-refractivity contribution in [2.24, 2.45) is 17.2 Å². The number of nitrogens with one attached hydrogen (secondary N) is 9. The number of benzene rings is 2. The summed E-state index contributed by atoms with van der Waals surface area (Å²) in [5.74, 6) is -7.77. The third-order valence-corrected chi connectivity index (χ3v) is 13.5. The van der Waals surface area contributed by atoms with E-state index in [-0.39, 0.29) is 83.0 Å². The van der Waals surface area contributed by atoms with Gasteiger partial charge in [-0.25, -0.2) is 4.79 Å². The quantitative estimate of drug-likeness (QED) is 0.0227. The molecule has 0 unspecified atom stereocenters. The molecular formula is C50H73N15O12. The van der Waals surface area contributed by atoms with Gasteiger partial charge in [0.25, 0.3) is 0 Å². The summed E-state index contributed by atoms with van der Waals surface area (Å²) in [6.45, 7) is -1.02. The summed E-state index contributed by atoms with van der Waals surface area (Å²) in [6.07, 6.45) is 0.779. The highest BCUT2D eigenvalue weighted by Gasteiger charge is 2.46. The van der Waals surface area contributed by atoms with E-state index < -0.39 is 121 Å². The first-order chi connectivity index (χ1) is 36.8. The number of carboxylic acid groups (broad SMARTS) is 1. The number of likely N-dealkylation sites (tertiary alicyclic amines) is 3. The van der Waals surface area contributed by atoms with Crippen molar-refractivity contribution in [3.63, 3.8) is 0 Å². The highest BCUT2D eigenvalue weighted by molar-refractivity contribution is 5.98. The Labute approximate surface area is 445 Å². The summed E-state index contributed by atoms with van der Waals surface area (Å²) in [4.78, 5) is 126. The van der Waals surface area contributed by atoms with E-state index in [1.165, 1.54) is 14.7 Å². The highest BCUT2D eigenvalue weighted by atomic mass is 16.4. The van der Waals surface area contributed by atoms with E-state index in [1.54, 1.807) is 60.7 Å². The maximum absolute atomic E-state index is 14.1. The molecule has 3 aliphatic heterocycles. The Morgan fingerprint density at radius 2 is 1.14 bits per heavy atom. The van der Waals surface area contributed by atoms with Crippen LogP contribution < -0.4 is 54.4 Å². The molecule has 3 fully saturated rings. The van der Waals surface area contributed by atoms with Crippen molar-refractivity contribution in [2.45, 2.75) is 125 Å². The van der Waals surface area contributed by atoms with Gasteiger partial charge in [0.15, 0.2) is 11.9 Å². The summed E-state index contributed by atoms with van der Waals surface area (Å²) in [5, 5.41) is 63.5. The number of amides is 8. The second kappa shape index (κ2) is 29.4. The molecule has 3 saturated heterocycles. The normalized spacial score (nSPS) is 19.9. The molecule has 3 aliphatic rings. The smallest absolute Gasteiger partial charge is 0.326 e. The minimum Gasteiger partial charge on any atom is -0.480 e. The van der Waals surface area contributed by atoms with E-state index in [4.69, 9.17) is 28.0 Å². The lowest BCUT2D eigenvalue weighted by Gasteiger charge is -2.32. The largest absolute Gasteiger partial charge is 0.480 e. The van der Waals surface area contributed by atoms with Gasteiger partial charge in [-0.3, -0.25) is 49.2 Å². The molecule has 5 rings (SSSR count). The third-order valence-electron chi connectivity index (χ3n) is 13.5. The van der Waals surface area contributed by atoms with Crippen LogP contribution in [-0.2, 0) is 56.0 Å². The highest BCUT2D eigenvalue weighted by Crippen LogP contribution is 2.26. The summed E-state index contributed by atoms with van der Waals surface area (Å²) in [6, 6.07) is 7.27. The van der Waals surface area contributed by atoms with E-state index in [2.05, 4.69) is 37.2 Å². The lowest BCUT2D eigenvalue weighted by atomic mass is 10.0. The molecule has 9 atom stereocenters. The second-order valence-corrected chi connectivity index (χ2v) is 19.3. The molecule has 3 heterocycles. The average molecular weight is 1080 g/mol. The van der Waals surface area contributed by atoms with E-state index in [0.717, 1.165) is 0 Å². The van der Waals surface area contributed by atoms with Crippen LogP contribution in [0.1, 0.15) is 68.9 Å². The van der Waals surface area contributed by atoms with Crippen molar-refractivity contribution in [1.82, 2.24) is 51.9 Å². The Hall–Kier alpha value is -7.91. The molecule has 27 heteroatoms. The number of carbonyl (C=O) groups is 9. The predicted molar refractivity (Wildman–Crippen MR) is 278 cm³/mol. The fraction of sp³-hybridized carbons (Fsp3) is 0.540. The van der Waals surface area contributed by atoms with Crippen LogP contribution in [0.25, 0.3) is 0 Å². The van der Waals surface area contributed by atoms with Gasteiger partial charge in [0.05, 0.1) is 25.3 Å². The predicted octanol–water partition coefficient (Wildman–Crippen LogP) is -4.60. The number of carboxylic acids is 1. The van der Waals surface area contributed by atoms with Crippen molar-refractivity contribution in [3.05, 3.63) is 71.8 Å². The summed E-state index contributed by atoms with van der Waals surface area (Å²) in [7, 11) is 0. The number of guanidine groups is 2. The van der Waals surface area contributed by atoms with Crippen molar-refractivity contribution in [1.29, 1.82) is 10.8 Å². The number of aliphatic hydroxyl groups is 2. The Balaban J connectivity index is 1.22. The van der Waals surface area contributed by atoms with Gasteiger partial charge in [-0.05, 0) is 62.5 Å². The fourth-order valence-corrected chi connectivity index (χ4v) is 9.60. The first-order valence-electron chi connectivity index (χ1n) is 25.7. The van der Waals surface area contributed by atoms with Gasteiger partial charge >= 0.3 is 5.97 Å². The van der Waals surface area contributed by atoms with Crippen molar-refractivity contribution in [3.8, 4) is 0 Å². The molecular weight excluding hydrogens is 1000 g/mol. The number of aliphatic carboxylic acids is 1. The maximum Gasteiger partial charge on any atom is 0.326 e. The van der Waals surface area contributed by atoms with E-state index in [1.807, 2.05) is 0 Å². The van der Waals surface area contributed by atoms with Crippen LogP contribution in [0.3, 0.4) is 0 Å². The van der Waals surface area contributed by atoms with Gasteiger partial charge in [-0.1, -0.05) is 60.7 Å². The summed E-state index contributed by atoms with van der Waals surface area (Å²) < 4.78 is 0. The molecule has 2 aromatic carbocycles. The molecule has 0 aliphatic carbocycles. The summed E-state index contributed by atoms with van der Waals surface area (Å²) >= 11 is 0. The van der Waals surface area contributed by atoms with E-state index in [0.29, 0.717) is 43.4 Å². The lowest BCUT2D eigenvalue weighted by molar-refractivity contribution is -0.147. The Morgan fingerprint density at radius 3 is 1.69 bits per heavy atom. The van der Waals surface area contributed by atoms with Crippen molar-refractivity contribution >= 4 is 65.1 Å². The number of carbonyl (C=O) groups excluding carboxylic acids is 8. The first-order valence-corrected chi connectivity index (χ1v) is 25.7. The fourth-order valence-electron chi connectivity index (χ4n) is 9.60. The number of nitrogens with zero attached hydrogens (tertiary/aromatic N) is 3. The molecule has 2 aromatic rings. The molecule has 27 nitrogen and oxygen atoms in total. The zero-order valence-corrected chi connectivity index (χ0v) is 42.8. The van der Waals surface area contributed by atoms with Gasteiger partial charge in [0, 0.05) is 52.0 Å². The standard InChI is InChI=1S/C50H73N15O12/c51-32(15-7-19-56-49(52)53)45(73)64-22-10-18-38(64)47(75)65-27-31(67)25-39(65)43(71)58-26-40(68)59-34(23-29-11-3-1-4-12-29)41(69)62-36(28-66)46(74)63-21-9-17-37(63)44(72)61-35(24-30-13-5-2-6-14-30)42(70)60-33(48(76)77)16-8-20-57-50(54)55/h1-6,11-14,31-39,66-67H,7-10,15-28,51H2,(H,58,71)(H,59,68)(H,60,70)(H,61,72)(H,62,69)(H,76,77)(H4,52,53,56)(H4,54,55,57)/t31-,32+,33+,34+,35+,36+,37+,38+,39+/m1/s1. The van der Waals surface area contributed by atoms with Crippen LogP contribution >= 0.6 is 0 Å². The number of β-amino-alcohol motifs (C(OH)–C–C–N with tert-alkyl or cyclic N) is 1. The average Bonchev–Trinajstić information content (AvgIpc) is 4.20. The molecule has 0 aromatic heterocycles. The molecule has 8 amide bonds. The lowest BCUT2D eigenvalue weighted by Crippen LogP contribution is -2.60. The topological polar surface area (TPSA) is 434 Å². The SMILES string of the molecule is N=C(N)NCCC[C@H](NC(=O)[C@H](Cc1ccccc1)NC(=O)[C@@H]1CCCN1C(=O)[C@H](CO)NC(=O)[C@H](Cc1ccccc1)NC(=O)CNC(=O)[C@@H]1C[C@@H](O)CN1C(=O)[C@@H]1CCCN1C(=O)[C@@H](N)CCCNC(=N)N)C(=O)O. The number of hydrogen-bond acceptors (Lipinski definition) is 14. The molecule has 18 N–H and O–H groups in total. The van der Waals surface area contributed by atoms with Crippen LogP contribution in [0.15, 0.2) is 60.7 Å².